The zero-order chi connectivity index (χ0) is 18.8. The van der Waals surface area contributed by atoms with Crippen molar-refractivity contribution in [3.05, 3.63) is 58.6 Å². The highest BCUT2D eigenvalue weighted by Crippen LogP contribution is 2.31. The lowest BCUT2D eigenvalue weighted by Gasteiger charge is -2.15. The smallest absolute Gasteiger partial charge is 0.416 e. The van der Waals surface area contributed by atoms with Crippen LogP contribution in [0, 0.1) is 0 Å². The van der Waals surface area contributed by atoms with Crippen LogP contribution in [0.4, 0.5) is 13.2 Å². The van der Waals surface area contributed by atoms with Crippen molar-refractivity contribution in [2.75, 3.05) is 6.54 Å². The van der Waals surface area contributed by atoms with E-state index in [4.69, 9.17) is 11.6 Å². The highest BCUT2D eigenvalue weighted by atomic mass is 35.5. The molecule has 0 aliphatic carbocycles. The normalized spacial score (nSPS) is 13.6. The average molecular weight is 394 g/mol. The van der Waals surface area contributed by atoms with Gasteiger partial charge in [-0.1, -0.05) is 36.7 Å². The fourth-order valence-corrected chi connectivity index (χ4v) is 3.62. The Morgan fingerprint density at radius 3 is 2.32 bits per heavy atom. The lowest BCUT2D eigenvalue weighted by atomic mass is 10.00. The predicted molar refractivity (Wildman–Crippen MR) is 88.2 cm³/mol. The van der Waals surface area contributed by atoms with Gasteiger partial charge in [-0.05, 0) is 35.7 Å². The largest absolute Gasteiger partial charge is 0.505 e. The van der Waals surface area contributed by atoms with Gasteiger partial charge in [-0.3, -0.25) is 0 Å². The lowest BCUT2D eigenvalue weighted by Crippen LogP contribution is -2.27. The van der Waals surface area contributed by atoms with Crippen LogP contribution in [0.1, 0.15) is 24.0 Å². The van der Waals surface area contributed by atoms with E-state index >= 15 is 0 Å². The molecular formula is C16H15ClF3NO3S. The molecule has 1 unspecified atom stereocenters. The van der Waals surface area contributed by atoms with Crippen LogP contribution in [0.3, 0.4) is 0 Å². The molecule has 0 aliphatic rings. The summed E-state index contributed by atoms with van der Waals surface area (Å²) in [5.41, 5.74) is -0.223. The molecule has 0 fully saturated rings. The minimum atomic E-state index is -4.42. The van der Waals surface area contributed by atoms with Gasteiger partial charge in [-0.2, -0.15) is 13.2 Å². The summed E-state index contributed by atoms with van der Waals surface area (Å²) in [5.74, 6) is -0.933. The van der Waals surface area contributed by atoms with Crippen LogP contribution in [-0.4, -0.2) is 20.1 Å². The molecule has 0 heterocycles. The van der Waals surface area contributed by atoms with E-state index in [1.165, 1.54) is 30.3 Å². The fourth-order valence-electron chi connectivity index (χ4n) is 2.14. The van der Waals surface area contributed by atoms with Gasteiger partial charge in [0.25, 0.3) is 0 Å². The molecule has 4 nitrogen and oxygen atoms in total. The van der Waals surface area contributed by atoms with Crippen molar-refractivity contribution in [3.8, 4) is 5.75 Å². The molecule has 0 amide bonds. The van der Waals surface area contributed by atoms with Gasteiger partial charge in [-0.25, -0.2) is 13.1 Å². The third-order valence-corrected chi connectivity index (χ3v) is 5.39. The summed E-state index contributed by atoms with van der Waals surface area (Å²) in [5, 5.41) is 9.67. The Hall–Kier alpha value is -1.77. The maximum atomic E-state index is 12.6. The minimum Gasteiger partial charge on any atom is -0.505 e. The molecule has 0 spiro atoms. The fraction of sp³-hybridized carbons (Fsp3) is 0.250. The van der Waals surface area contributed by atoms with Crippen molar-refractivity contribution >= 4 is 21.6 Å². The van der Waals surface area contributed by atoms with Crippen LogP contribution >= 0.6 is 11.6 Å². The zero-order valence-corrected chi connectivity index (χ0v) is 14.6. The Morgan fingerprint density at radius 1 is 1.16 bits per heavy atom. The van der Waals surface area contributed by atoms with Crippen LogP contribution in [-0.2, 0) is 16.2 Å². The Balaban J connectivity index is 2.11. The van der Waals surface area contributed by atoms with Crippen LogP contribution in [0.15, 0.2) is 47.4 Å². The molecule has 0 aromatic heterocycles. The number of hydrogen-bond donors (Lipinski definition) is 2. The third kappa shape index (κ3) is 4.65. The number of alkyl halides is 3. The zero-order valence-electron chi connectivity index (χ0n) is 13.0. The van der Waals surface area contributed by atoms with Crippen molar-refractivity contribution < 1.29 is 26.7 Å². The number of rotatable bonds is 5. The highest BCUT2D eigenvalue weighted by Gasteiger charge is 2.30. The van der Waals surface area contributed by atoms with E-state index in [2.05, 4.69) is 4.72 Å². The molecule has 0 saturated heterocycles. The Kier molecular flexibility index (Phi) is 5.65. The van der Waals surface area contributed by atoms with Crippen molar-refractivity contribution in [1.29, 1.82) is 0 Å². The molecular weight excluding hydrogens is 379 g/mol. The van der Waals surface area contributed by atoms with Gasteiger partial charge in [0.05, 0.1) is 10.6 Å². The lowest BCUT2D eigenvalue weighted by molar-refractivity contribution is -0.137. The molecule has 0 aliphatic heterocycles. The van der Waals surface area contributed by atoms with E-state index in [0.717, 1.165) is 12.1 Å². The van der Waals surface area contributed by atoms with Gasteiger partial charge < -0.3 is 5.11 Å². The van der Waals surface area contributed by atoms with Crippen molar-refractivity contribution in [3.63, 3.8) is 0 Å². The summed E-state index contributed by atoms with van der Waals surface area (Å²) in [6.07, 6.45) is -4.42. The average Bonchev–Trinajstić information content (AvgIpc) is 2.54. The molecule has 9 heteroatoms. The van der Waals surface area contributed by atoms with Gasteiger partial charge in [0.15, 0.2) is 5.75 Å². The number of nitrogens with one attached hydrogen (secondary N) is 1. The second-order valence-corrected chi connectivity index (χ2v) is 7.60. The van der Waals surface area contributed by atoms with E-state index in [1.54, 1.807) is 6.92 Å². The summed E-state index contributed by atoms with van der Waals surface area (Å²) >= 11 is 5.70. The number of aromatic hydroxyl groups is 1. The topological polar surface area (TPSA) is 66.4 Å². The molecule has 2 aromatic rings. The molecule has 0 saturated carbocycles. The van der Waals surface area contributed by atoms with E-state index in [1.807, 2.05) is 0 Å². The molecule has 0 radical (unpaired) electrons. The number of phenolic OH excluding ortho intramolecular Hbond substituents is 1. The number of hydrogen-bond acceptors (Lipinski definition) is 3. The van der Waals surface area contributed by atoms with E-state index in [0.29, 0.717) is 5.56 Å². The first-order valence-corrected chi connectivity index (χ1v) is 9.03. The van der Waals surface area contributed by atoms with Crippen molar-refractivity contribution in [2.45, 2.75) is 23.9 Å². The summed E-state index contributed by atoms with van der Waals surface area (Å²) in [6.45, 7) is 1.61. The van der Waals surface area contributed by atoms with Gasteiger partial charge in [0.2, 0.25) is 10.0 Å². The van der Waals surface area contributed by atoms with Crippen molar-refractivity contribution in [2.24, 2.45) is 0 Å². The van der Waals surface area contributed by atoms with Gasteiger partial charge in [0, 0.05) is 6.54 Å². The monoisotopic (exact) mass is 393 g/mol. The molecule has 136 valence electrons. The van der Waals surface area contributed by atoms with Crippen LogP contribution in [0.2, 0.25) is 5.02 Å². The van der Waals surface area contributed by atoms with Crippen LogP contribution < -0.4 is 4.72 Å². The Bertz CT molecular complexity index is 852. The Morgan fingerprint density at radius 2 is 1.76 bits per heavy atom. The summed E-state index contributed by atoms with van der Waals surface area (Å²) < 4.78 is 64.5. The maximum absolute atomic E-state index is 12.6. The van der Waals surface area contributed by atoms with Gasteiger partial charge in [0.1, 0.15) is 4.90 Å². The van der Waals surface area contributed by atoms with E-state index in [-0.39, 0.29) is 22.4 Å². The second kappa shape index (κ2) is 7.23. The van der Waals surface area contributed by atoms with Gasteiger partial charge in [-0.15, -0.1) is 0 Å². The number of halogens is 4. The predicted octanol–water partition coefficient (Wildman–Crippen LogP) is 4.15. The first-order valence-electron chi connectivity index (χ1n) is 7.16. The second-order valence-electron chi connectivity index (χ2n) is 5.46. The summed E-state index contributed by atoms with van der Waals surface area (Å²) in [4.78, 5) is -0.361. The molecule has 25 heavy (non-hydrogen) atoms. The summed E-state index contributed by atoms with van der Waals surface area (Å²) in [6, 6.07) is 8.44. The molecule has 2 rings (SSSR count). The van der Waals surface area contributed by atoms with Gasteiger partial charge >= 0.3 is 6.18 Å². The Labute approximate surface area is 148 Å². The maximum Gasteiger partial charge on any atom is 0.416 e. The highest BCUT2D eigenvalue weighted by molar-refractivity contribution is 7.89. The standard InChI is InChI=1S/C16H15ClF3NO3S/c1-10(11-5-7-12(8-6-11)16(18,19)20)9-21-25(23,24)14-4-2-3-13(17)15(14)22/h2-8,10,21-22H,9H2,1H3. The molecule has 2 aromatic carbocycles. The number of benzene rings is 2. The van der Waals surface area contributed by atoms with E-state index in [9.17, 15) is 26.7 Å². The molecule has 0 bridgehead atoms. The minimum absolute atomic E-state index is 0.0559. The summed E-state index contributed by atoms with van der Waals surface area (Å²) in [7, 11) is -4.01. The molecule has 1 atom stereocenters. The first-order chi connectivity index (χ1) is 11.5. The quantitative estimate of drug-likeness (QED) is 0.802. The van der Waals surface area contributed by atoms with Crippen LogP contribution in [0.25, 0.3) is 0 Å². The van der Waals surface area contributed by atoms with E-state index < -0.39 is 27.5 Å². The van der Waals surface area contributed by atoms with Crippen molar-refractivity contribution in [1.82, 2.24) is 4.72 Å². The van der Waals surface area contributed by atoms with Crippen LogP contribution in [0.5, 0.6) is 5.75 Å². The SMILES string of the molecule is CC(CNS(=O)(=O)c1cccc(Cl)c1O)c1ccc(C(F)(F)F)cc1. The first kappa shape index (κ1) is 19.6. The third-order valence-electron chi connectivity index (χ3n) is 3.63. The number of para-hydroxylation sites is 1. The number of sulfonamides is 1. The number of phenols is 1. The molecule has 2 N–H and O–H groups in total.